The topological polar surface area (TPSA) is 83.6 Å². The maximum atomic E-state index is 12.5. The SMILES string of the molecule is CCCCCc1ccc(S(=O)(=O)N2C[C@@H](N)[C@H](O)C2)cc1. The third-order valence-corrected chi connectivity index (χ3v) is 5.78. The number of sulfonamides is 1. The number of rotatable bonds is 6. The minimum Gasteiger partial charge on any atom is -0.390 e. The van der Waals surface area contributed by atoms with E-state index in [0.29, 0.717) is 0 Å². The predicted octanol–water partition coefficient (Wildman–Crippen LogP) is 1.11. The van der Waals surface area contributed by atoms with Gasteiger partial charge in [0.05, 0.1) is 11.0 Å². The standard InChI is InChI=1S/C15H24N2O3S/c1-2-3-4-5-12-6-8-13(9-7-12)21(19,20)17-10-14(16)15(18)11-17/h6-9,14-15,18H,2-5,10-11,16H2,1H3/t14-,15-/m1/s1. The first-order valence-corrected chi connectivity index (χ1v) is 8.92. The Morgan fingerprint density at radius 2 is 1.90 bits per heavy atom. The minimum absolute atomic E-state index is 0.0712. The van der Waals surface area contributed by atoms with Crippen molar-refractivity contribution in [3.05, 3.63) is 29.8 Å². The zero-order chi connectivity index (χ0) is 15.5. The van der Waals surface area contributed by atoms with Crippen LogP contribution in [-0.2, 0) is 16.4 Å². The number of unbranched alkanes of at least 4 members (excludes halogenated alkanes) is 2. The number of β-amino-alcohol motifs (C(OH)–C–C–N with tert-alkyl or cyclic N) is 1. The molecule has 0 spiro atoms. The van der Waals surface area contributed by atoms with Crippen molar-refractivity contribution < 1.29 is 13.5 Å². The van der Waals surface area contributed by atoms with Crippen molar-refractivity contribution >= 4 is 10.0 Å². The fourth-order valence-electron chi connectivity index (χ4n) is 2.53. The molecule has 1 aliphatic rings. The summed E-state index contributed by atoms with van der Waals surface area (Å²) in [6, 6.07) is 6.52. The van der Waals surface area contributed by atoms with Crippen molar-refractivity contribution in [3.8, 4) is 0 Å². The molecule has 118 valence electrons. The smallest absolute Gasteiger partial charge is 0.243 e. The summed E-state index contributed by atoms with van der Waals surface area (Å²) in [7, 11) is -3.55. The summed E-state index contributed by atoms with van der Waals surface area (Å²) in [5.74, 6) is 0. The van der Waals surface area contributed by atoms with Gasteiger partial charge in [-0.3, -0.25) is 0 Å². The molecule has 0 unspecified atom stereocenters. The largest absolute Gasteiger partial charge is 0.390 e. The van der Waals surface area contributed by atoms with Crippen LogP contribution in [0.15, 0.2) is 29.2 Å². The second-order valence-electron chi connectivity index (χ2n) is 5.65. The summed E-state index contributed by atoms with van der Waals surface area (Å²) < 4.78 is 26.2. The molecule has 0 aliphatic carbocycles. The van der Waals surface area contributed by atoms with Gasteiger partial charge in [-0.05, 0) is 30.5 Å². The van der Waals surface area contributed by atoms with Crippen molar-refractivity contribution in [2.45, 2.75) is 49.6 Å². The number of aryl methyl sites for hydroxylation is 1. The molecule has 0 amide bonds. The fraction of sp³-hybridized carbons (Fsp3) is 0.600. The van der Waals surface area contributed by atoms with Crippen LogP contribution < -0.4 is 5.73 Å². The lowest BCUT2D eigenvalue weighted by Crippen LogP contribution is -2.33. The van der Waals surface area contributed by atoms with Gasteiger partial charge in [-0.25, -0.2) is 8.42 Å². The second kappa shape index (κ2) is 6.87. The van der Waals surface area contributed by atoms with Crippen LogP contribution in [0.4, 0.5) is 0 Å². The quantitative estimate of drug-likeness (QED) is 0.771. The predicted molar refractivity (Wildman–Crippen MR) is 82.4 cm³/mol. The minimum atomic E-state index is -3.55. The van der Waals surface area contributed by atoms with Crippen molar-refractivity contribution in [2.24, 2.45) is 5.73 Å². The van der Waals surface area contributed by atoms with Crippen LogP contribution in [0.5, 0.6) is 0 Å². The molecule has 3 N–H and O–H groups in total. The van der Waals surface area contributed by atoms with Crippen molar-refractivity contribution in [3.63, 3.8) is 0 Å². The summed E-state index contributed by atoms with van der Waals surface area (Å²) in [6.07, 6.45) is 3.67. The van der Waals surface area contributed by atoms with Gasteiger partial charge in [0.25, 0.3) is 0 Å². The fourth-order valence-corrected chi connectivity index (χ4v) is 4.02. The molecule has 1 fully saturated rings. The van der Waals surface area contributed by atoms with Crippen molar-refractivity contribution in [1.29, 1.82) is 0 Å². The monoisotopic (exact) mass is 312 g/mol. The molecule has 5 nitrogen and oxygen atoms in total. The Morgan fingerprint density at radius 3 is 2.43 bits per heavy atom. The average molecular weight is 312 g/mol. The number of hydrogen-bond donors (Lipinski definition) is 2. The highest BCUT2D eigenvalue weighted by Gasteiger charge is 2.36. The summed E-state index contributed by atoms with van der Waals surface area (Å²) >= 11 is 0. The number of hydrogen-bond acceptors (Lipinski definition) is 4. The van der Waals surface area contributed by atoms with Gasteiger partial charge in [0, 0.05) is 19.1 Å². The molecule has 0 bridgehead atoms. The van der Waals surface area contributed by atoms with E-state index in [4.69, 9.17) is 5.73 Å². The molecule has 0 radical (unpaired) electrons. The van der Waals surface area contributed by atoms with Gasteiger partial charge in [-0.15, -0.1) is 0 Å². The van der Waals surface area contributed by atoms with E-state index in [1.165, 1.54) is 17.1 Å². The summed E-state index contributed by atoms with van der Waals surface area (Å²) in [4.78, 5) is 0.267. The van der Waals surface area contributed by atoms with E-state index in [-0.39, 0.29) is 18.0 Å². The maximum absolute atomic E-state index is 12.5. The molecule has 1 aromatic carbocycles. The first kappa shape index (κ1) is 16.4. The highest BCUT2D eigenvalue weighted by molar-refractivity contribution is 7.89. The molecule has 21 heavy (non-hydrogen) atoms. The first-order chi connectivity index (χ1) is 9.95. The zero-order valence-corrected chi connectivity index (χ0v) is 13.2. The van der Waals surface area contributed by atoms with Gasteiger partial charge in [-0.2, -0.15) is 4.31 Å². The van der Waals surface area contributed by atoms with Crippen LogP contribution in [0.25, 0.3) is 0 Å². The van der Waals surface area contributed by atoms with Gasteiger partial charge in [-0.1, -0.05) is 31.9 Å². The second-order valence-corrected chi connectivity index (χ2v) is 7.59. The zero-order valence-electron chi connectivity index (χ0n) is 12.4. The molecule has 2 rings (SSSR count). The Balaban J connectivity index is 2.07. The first-order valence-electron chi connectivity index (χ1n) is 7.48. The van der Waals surface area contributed by atoms with E-state index in [0.717, 1.165) is 18.4 Å². The third-order valence-electron chi connectivity index (χ3n) is 3.93. The molecule has 0 saturated carbocycles. The Bertz CT molecular complexity index is 547. The van der Waals surface area contributed by atoms with E-state index in [1.807, 2.05) is 12.1 Å². The van der Waals surface area contributed by atoms with E-state index in [2.05, 4.69) is 6.92 Å². The molecule has 1 aliphatic heterocycles. The Kier molecular flexibility index (Phi) is 5.37. The molecule has 0 aromatic heterocycles. The maximum Gasteiger partial charge on any atom is 0.243 e. The lowest BCUT2D eigenvalue weighted by molar-refractivity contribution is 0.174. The highest BCUT2D eigenvalue weighted by Crippen LogP contribution is 2.21. The highest BCUT2D eigenvalue weighted by atomic mass is 32.2. The van der Waals surface area contributed by atoms with E-state index < -0.39 is 22.2 Å². The van der Waals surface area contributed by atoms with Crippen molar-refractivity contribution in [2.75, 3.05) is 13.1 Å². The molecule has 1 aromatic rings. The summed E-state index contributed by atoms with van der Waals surface area (Å²) in [6.45, 7) is 2.40. The summed E-state index contributed by atoms with van der Waals surface area (Å²) in [5.41, 5.74) is 6.83. The summed E-state index contributed by atoms with van der Waals surface area (Å²) in [5, 5.41) is 9.61. The van der Waals surface area contributed by atoms with Gasteiger partial charge < -0.3 is 10.8 Å². The Labute approximate surface area is 126 Å². The van der Waals surface area contributed by atoms with Crippen molar-refractivity contribution in [1.82, 2.24) is 4.31 Å². The van der Waals surface area contributed by atoms with Crippen LogP contribution in [0, 0.1) is 0 Å². The van der Waals surface area contributed by atoms with E-state index >= 15 is 0 Å². The molecule has 6 heteroatoms. The Hall–Kier alpha value is -0.950. The molecule has 1 heterocycles. The molecule has 2 atom stereocenters. The molecular formula is C15H24N2O3S. The van der Waals surface area contributed by atoms with Gasteiger partial charge in [0.15, 0.2) is 0 Å². The van der Waals surface area contributed by atoms with Crippen LogP contribution in [0.2, 0.25) is 0 Å². The molecular weight excluding hydrogens is 288 g/mol. The number of aliphatic hydroxyl groups is 1. The lowest BCUT2D eigenvalue weighted by atomic mass is 10.1. The van der Waals surface area contributed by atoms with Crippen LogP contribution in [0.3, 0.4) is 0 Å². The van der Waals surface area contributed by atoms with Crippen LogP contribution in [0.1, 0.15) is 31.7 Å². The average Bonchev–Trinajstić information content (AvgIpc) is 2.80. The number of benzene rings is 1. The van der Waals surface area contributed by atoms with E-state index in [9.17, 15) is 13.5 Å². The van der Waals surface area contributed by atoms with E-state index in [1.54, 1.807) is 12.1 Å². The van der Waals surface area contributed by atoms with Gasteiger partial charge in [0.1, 0.15) is 0 Å². The number of nitrogens with two attached hydrogens (primary N) is 1. The lowest BCUT2D eigenvalue weighted by Gasteiger charge is -2.16. The van der Waals surface area contributed by atoms with Gasteiger partial charge >= 0.3 is 0 Å². The Morgan fingerprint density at radius 1 is 1.24 bits per heavy atom. The van der Waals surface area contributed by atoms with Gasteiger partial charge in [0.2, 0.25) is 10.0 Å². The van der Waals surface area contributed by atoms with Crippen LogP contribution in [-0.4, -0.2) is 43.1 Å². The molecule has 1 saturated heterocycles. The number of nitrogens with zero attached hydrogens (tertiary/aromatic N) is 1. The third kappa shape index (κ3) is 3.83. The number of aliphatic hydroxyl groups excluding tert-OH is 1. The van der Waals surface area contributed by atoms with Crippen LogP contribution >= 0.6 is 0 Å². The normalized spacial score (nSPS) is 23.6.